The predicted octanol–water partition coefficient (Wildman–Crippen LogP) is 3.44. The van der Waals surface area contributed by atoms with Crippen LogP contribution in [0.4, 0.5) is 11.4 Å². The van der Waals surface area contributed by atoms with Gasteiger partial charge in [0.1, 0.15) is 5.82 Å². The standard InChI is InChI=1S/C23H29N5O3S/c1-4-13-27-21-12-11-17(32(30,31)26(2)3)15-19(21)25-22(27)16-24-18-8-5-6-9-20(18)28-14-7-10-23(28)29/h5-6,8-9,11-12,15,24H,4,7,10,13-14,16H2,1-3H3. The van der Waals surface area contributed by atoms with Crippen molar-refractivity contribution in [3.05, 3.63) is 48.3 Å². The molecule has 0 aliphatic carbocycles. The molecule has 1 fully saturated rings. The van der Waals surface area contributed by atoms with Crippen molar-refractivity contribution < 1.29 is 13.2 Å². The van der Waals surface area contributed by atoms with Crippen molar-refractivity contribution in [1.82, 2.24) is 13.9 Å². The lowest BCUT2D eigenvalue weighted by Gasteiger charge is -2.20. The minimum absolute atomic E-state index is 0.145. The monoisotopic (exact) mass is 455 g/mol. The SMILES string of the molecule is CCCn1c(CNc2ccccc2N2CCCC2=O)nc2cc(S(=O)(=O)N(C)C)ccc21. The molecule has 8 nitrogen and oxygen atoms in total. The zero-order valence-corrected chi connectivity index (χ0v) is 19.5. The lowest BCUT2D eigenvalue weighted by Crippen LogP contribution is -2.24. The van der Waals surface area contributed by atoms with Gasteiger partial charge in [0.2, 0.25) is 15.9 Å². The number of carbonyl (C=O) groups excluding carboxylic acids is 1. The first-order valence-electron chi connectivity index (χ1n) is 10.9. The lowest BCUT2D eigenvalue weighted by atomic mass is 10.2. The number of carbonyl (C=O) groups is 1. The Morgan fingerprint density at radius 2 is 1.94 bits per heavy atom. The predicted molar refractivity (Wildman–Crippen MR) is 126 cm³/mol. The number of amides is 1. The van der Waals surface area contributed by atoms with Gasteiger partial charge in [0, 0.05) is 33.6 Å². The smallest absolute Gasteiger partial charge is 0.242 e. The highest BCUT2D eigenvalue weighted by Gasteiger charge is 2.24. The molecule has 2 heterocycles. The first kappa shape index (κ1) is 22.3. The van der Waals surface area contributed by atoms with Gasteiger partial charge < -0.3 is 14.8 Å². The average Bonchev–Trinajstić information content (AvgIpc) is 3.35. The summed E-state index contributed by atoms with van der Waals surface area (Å²) in [6.07, 6.45) is 2.38. The van der Waals surface area contributed by atoms with Crippen LogP contribution in [0.2, 0.25) is 0 Å². The number of benzene rings is 2. The summed E-state index contributed by atoms with van der Waals surface area (Å²) in [4.78, 5) is 19.1. The Bertz CT molecular complexity index is 1250. The molecule has 0 unspecified atom stereocenters. The topological polar surface area (TPSA) is 87.5 Å². The zero-order valence-electron chi connectivity index (χ0n) is 18.7. The number of sulfonamides is 1. The summed E-state index contributed by atoms with van der Waals surface area (Å²) in [5, 5.41) is 3.45. The van der Waals surface area contributed by atoms with E-state index in [-0.39, 0.29) is 10.8 Å². The van der Waals surface area contributed by atoms with Gasteiger partial charge in [0.05, 0.1) is 33.8 Å². The number of imidazole rings is 1. The van der Waals surface area contributed by atoms with Crippen LogP contribution < -0.4 is 10.2 Å². The second-order valence-electron chi connectivity index (χ2n) is 8.14. The fourth-order valence-corrected chi connectivity index (χ4v) is 5.00. The van der Waals surface area contributed by atoms with Crippen LogP contribution in [0.3, 0.4) is 0 Å². The lowest BCUT2D eigenvalue weighted by molar-refractivity contribution is -0.117. The summed E-state index contributed by atoms with van der Waals surface area (Å²) in [6, 6.07) is 12.9. The van der Waals surface area contributed by atoms with E-state index in [1.165, 1.54) is 18.4 Å². The van der Waals surface area contributed by atoms with Crippen molar-refractivity contribution in [2.24, 2.45) is 0 Å². The summed E-state index contributed by atoms with van der Waals surface area (Å²) in [7, 11) is -0.487. The molecule has 1 saturated heterocycles. The zero-order chi connectivity index (χ0) is 22.9. The van der Waals surface area contributed by atoms with E-state index in [0.717, 1.165) is 48.6 Å². The third-order valence-electron chi connectivity index (χ3n) is 5.73. The summed E-state index contributed by atoms with van der Waals surface area (Å²) >= 11 is 0. The fraction of sp³-hybridized carbons (Fsp3) is 0.391. The van der Waals surface area contributed by atoms with E-state index in [4.69, 9.17) is 4.98 Å². The second-order valence-corrected chi connectivity index (χ2v) is 10.3. The Morgan fingerprint density at radius 1 is 1.16 bits per heavy atom. The molecule has 2 aromatic carbocycles. The molecule has 0 spiro atoms. The van der Waals surface area contributed by atoms with E-state index in [1.54, 1.807) is 12.1 Å². The average molecular weight is 456 g/mol. The molecular weight excluding hydrogens is 426 g/mol. The van der Waals surface area contributed by atoms with Crippen molar-refractivity contribution in [3.63, 3.8) is 0 Å². The van der Waals surface area contributed by atoms with Crippen molar-refractivity contribution in [1.29, 1.82) is 0 Å². The van der Waals surface area contributed by atoms with Crippen LogP contribution >= 0.6 is 0 Å². The van der Waals surface area contributed by atoms with Crippen LogP contribution in [0.1, 0.15) is 32.0 Å². The van der Waals surface area contributed by atoms with Gasteiger partial charge in [0.25, 0.3) is 0 Å². The molecule has 32 heavy (non-hydrogen) atoms. The molecule has 1 aliphatic rings. The van der Waals surface area contributed by atoms with Crippen LogP contribution in [0.15, 0.2) is 47.4 Å². The first-order chi connectivity index (χ1) is 15.3. The molecule has 1 aromatic heterocycles. The largest absolute Gasteiger partial charge is 0.376 e. The van der Waals surface area contributed by atoms with Crippen LogP contribution in [0.5, 0.6) is 0 Å². The third kappa shape index (κ3) is 4.10. The molecule has 1 aliphatic heterocycles. The quantitative estimate of drug-likeness (QED) is 0.562. The number of nitrogens with one attached hydrogen (secondary N) is 1. The number of hydrogen-bond donors (Lipinski definition) is 1. The summed E-state index contributed by atoms with van der Waals surface area (Å²) < 4.78 is 28.4. The minimum Gasteiger partial charge on any atom is -0.376 e. The number of nitrogens with zero attached hydrogens (tertiary/aromatic N) is 4. The first-order valence-corrected chi connectivity index (χ1v) is 12.3. The summed E-state index contributed by atoms with van der Waals surface area (Å²) in [5.41, 5.74) is 3.33. The maximum atomic E-state index is 12.5. The number of rotatable bonds is 8. The maximum absolute atomic E-state index is 12.5. The van der Waals surface area contributed by atoms with E-state index in [0.29, 0.717) is 18.5 Å². The number of para-hydroxylation sites is 2. The number of hydrogen-bond acceptors (Lipinski definition) is 5. The summed E-state index contributed by atoms with van der Waals surface area (Å²) in [6.45, 7) is 4.07. The van der Waals surface area contributed by atoms with Gasteiger partial charge in [-0.25, -0.2) is 17.7 Å². The molecule has 9 heteroatoms. The number of aromatic nitrogens is 2. The highest BCUT2D eigenvalue weighted by atomic mass is 32.2. The van der Waals surface area contributed by atoms with Gasteiger partial charge in [-0.3, -0.25) is 4.79 Å². The van der Waals surface area contributed by atoms with Gasteiger partial charge in [-0.15, -0.1) is 0 Å². The number of aryl methyl sites for hydroxylation is 1. The molecular formula is C23H29N5O3S. The highest BCUT2D eigenvalue weighted by Crippen LogP contribution is 2.30. The molecule has 170 valence electrons. The van der Waals surface area contributed by atoms with E-state index in [9.17, 15) is 13.2 Å². The van der Waals surface area contributed by atoms with E-state index in [1.807, 2.05) is 35.2 Å². The van der Waals surface area contributed by atoms with Crippen molar-refractivity contribution >= 4 is 38.3 Å². The Labute approximate surface area is 188 Å². The van der Waals surface area contributed by atoms with E-state index < -0.39 is 10.0 Å². The van der Waals surface area contributed by atoms with Gasteiger partial charge in [0.15, 0.2) is 0 Å². The Kier molecular flexibility index (Phi) is 6.21. The van der Waals surface area contributed by atoms with E-state index >= 15 is 0 Å². The van der Waals surface area contributed by atoms with Gasteiger partial charge in [-0.1, -0.05) is 19.1 Å². The normalized spacial score (nSPS) is 14.6. The minimum atomic E-state index is -3.53. The number of fused-ring (bicyclic) bond motifs is 1. The highest BCUT2D eigenvalue weighted by molar-refractivity contribution is 7.89. The molecule has 3 aromatic rings. The van der Waals surface area contributed by atoms with Crippen LogP contribution in [-0.2, 0) is 27.9 Å². The maximum Gasteiger partial charge on any atom is 0.242 e. The van der Waals surface area contributed by atoms with Gasteiger partial charge in [-0.05, 0) is 43.2 Å². The van der Waals surface area contributed by atoms with Crippen molar-refractivity contribution in [2.75, 3.05) is 30.9 Å². The Balaban J connectivity index is 1.66. The molecule has 0 saturated carbocycles. The molecule has 1 N–H and O–H groups in total. The van der Waals surface area contributed by atoms with E-state index in [2.05, 4.69) is 16.8 Å². The van der Waals surface area contributed by atoms with Gasteiger partial charge >= 0.3 is 0 Å². The molecule has 1 amide bonds. The van der Waals surface area contributed by atoms with Gasteiger partial charge in [-0.2, -0.15) is 0 Å². The summed E-state index contributed by atoms with van der Waals surface area (Å²) in [5.74, 6) is 0.968. The second kappa shape index (κ2) is 8.91. The van der Waals surface area contributed by atoms with Crippen LogP contribution in [0.25, 0.3) is 11.0 Å². The molecule has 0 radical (unpaired) electrons. The third-order valence-corrected chi connectivity index (χ3v) is 7.54. The number of anilines is 2. The fourth-order valence-electron chi connectivity index (χ4n) is 4.07. The Hall–Kier alpha value is -2.91. The molecule has 4 rings (SSSR count). The molecule has 0 atom stereocenters. The van der Waals surface area contributed by atoms with Crippen molar-refractivity contribution in [2.45, 2.75) is 44.2 Å². The molecule has 0 bridgehead atoms. The Morgan fingerprint density at radius 3 is 2.62 bits per heavy atom. The van der Waals surface area contributed by atoms with Crippen molar-refractivity contribution in [3.8, 4) is 0 Å². The van der Waals surface area contributed by atoms with Crippen LogP contribution in [0, 0.1) is 0 Å². The van der Waals surface area contributed by atoms with Crippen LogP contribution in [-0.4, -0.2) is 48.8 Å².